The molecule has 0 radical (unpaired) electrons. The maximum absolute atomic E-state index is 12.1. The van der Waals surface area contributed by atoms with Crippen LogP contribution in [0.2, 0.25) is 0 Å². The summed E-state index contributed by atoms with van der Waals surface area (Å²) in [7, 11) is 0. The van der Waals surface area contributed by atoms with Gasteiger partial charge >= 0.3 is 0 Å². The first-order valence-electron chi connectivity index (χ1n) is 8.14. The Labute approximate surface area is 162 Å². The zero-order valence-electron chi connectivity index (χ0n) is 14.3. The Hall–Kier alpha value is -3.47. The molecular weight excluding hydrogens is 388 g/mol. The minimum Gasteiger partial charge on any atom is -0.459 e. The highest BCUT2D eigenvalue weighted by molar-refractivity contribution is 7.99. The molecule has 3 heterocycles. The number of carbonyl (C=O) groups excluding carboxylic acids is 2. The number of anilines is 1. The quantitative estimate of drug-likeness (QED) is 0.570. The molecule has 3 aromatic rings. The second kappa shape index (κ2) is 8.05. The van der Waals surface area contributed by atoms with Crippen molar-refractivity contribution in [2.24, 2.45) is 0 Å². The van der Waals surface area contributed by atoms with Crippen LogP contribution in [0, 0.1) is 0 Å². The van der Waals surface area contributed by atoms with Crippen LogP contribution in [0.1, 0.15) is 16.4 Å². The molecule has 4 rings (SSSR count). The highest BCUT2D eigenvalue weighted by atomic mass is 32.2. The Morgan fingerprint density at radius 3 is 2.89 bits per heavy atom. The molecule has 10 nitrogen and oxygen atoms in total. The standard InChI is InChI=1S/C17H14N4O6S/c22-14(19-10-3-4-11-13(6-10)26-9-25-11)8-28-17-21-20-15(27-17)7-18-16(23)12-2-1-5-24-12/h1-6H,7-9H2,(H,18,23)(H,19,22). The third-order valence-electron chi connectivity index (χ3n) is 3.58. The molecule has 28 heavy (non-hydrogen) atoms. The average Bonchev–Trinajstić information content (AvgIpc) is 3.45. The molecule has 0 unspecified atom stereocenters. The van der Waals surface area contributed by atoms with Crippen molar-refractivity contribution in [3.63, 3.8) is 0 Å². The van der Waals surface area contributed by atoms with Crippen molar-refractivity contribution < 1.29 is 27.9 Å². The van der Waals surface area contributed by atoms with E-state index in [2.05, 4.69) is 20.8 Å². The predicted molar refractivity (Wildman–Crippen MR) is 96.1 cm³/mol. The predicted octanol–water partition coefficient (Wildman–Crippen LogP) is 2.05. The van der Waals surface area contributed by atoms with Crippen molar-refractivity contribution in [2.75, 3.05) is 17.9 Å². The van der Waals surface area contributed by atoms with Gasteiger partial charge in [-0.05, 0) is 24.3 Å². The fourth-order valence-corrected chi connectivity index (χ4v) is 2.90. The number of fused-ring (bicyclic) bond motifs is 1. The molecular formula is C17H14N4O6S. The number of hydrogen-bond donors (Lipinski definition) is 2. The first-order chi connectivity index (χ1) is 13.7. The van der Waals surface area contributed by atoms with E-state index >= 15 is 0 Å². The molecule has 0 aliphatic carbocycles. The molecule has 144 valence electrons. The van der Waals surface area contributed by atoms with Gasteiger partial charge in [0.05, 0.1) is 18.6 Å². The fourth-order valence-electron chi connectivity index (χ4n) is 2.32. The van der Waals surface area contributed by atoms with Crippen LogP contribution in [0.25, 0.3) is 0 Å². The van der Waals surface area contributed by atoms with Crippen LogP contribution in [0.4, 0.5) is 5.69 Å². The van der Waals surface area contributed by atoms with Crippen molar-refractivity contribution in [1.29, 1.82) is 0 Å². The number of carbonyl (C=O) groups is 2. The smallest absolute Gasteiger partial charge is 0.287 e. The fraction of sp³-hybridized carbons (Fsp3) is 0.176. The summed E-state index contributed by atoms with van der Waals surface area (Å²) in [5.74, 6) is 1.09. The lowest BCUT2D eigenvalue weighted by Crippen LogP contribution is -2.22. The molecule has 0 saturated heterocycles. The van der Waals surface area contributed by atoms with Crippen molar-refractivity contribution >= 4 is 29.3 Å². The van der Waals surface area contributed by atoms with Gasteiger partial charge in [0.2, 0.25) is 18.6 Å². The second-order valence-electron chi connectivity index (χ2n) is 5.53. The maximum atomic E-state index is 12.1. The van der Waals surface area contributed by atoms with E-state index in [0.717, 1.165) is 11.8 Å². The Balaban J connectivity index is 1.24. The van der Waals surface area contributed by atoms with E-state index in [1.807, 2.05) is 0 Å². The Bertz CT molecular complexity index is 987. The van der Waals surface area contributed by atoms with Crippen molar-refractivity contribution in [2.45, 2.75) is 11.8 Å². The van der Waals surface area contributed by atoms with Gasteiger partial charge in [0.25, 0.3) is 11.1 Å². The number of furan rings is 1. The lowest BCUT2D eigenvalue weighted by Gasteiger charge is -2.05. The van der Waals surface area contributed by atoms with Gasteiger partial charge in [-0.25, -0.2) is 0 Å². The highest BCUT2D eigenvalue weighted by Crippen LogP contribution is 2.34. The van der Waals surface area contributed by atoms with Crippen molar-refractivity contribution in [3.8, 4) is 11.5 Å². The summed E-state index contributed by atoms with van der Waals surface area (Å²) in [6, 6.07) is 8.31. The summed E-state index contributed by atoms with van der Waals surface area (Å²) < 4.78 is 20.9. The summed E-state index contributed by atoms with van der Waals surface area (Å²) in [5.41, 5.74) is 0.599. The van der Waals surface area contributed by atoms with E-state index in [-0.39, 0.29) is 47.8 Å². The Morgan fingerprint density at radius 2 is 2.04 bits per heavy atom. The molecule has 11 heteroatoms. The summed E-state index contributed by atoms with van der Waals surface area (Å²) in [6.07, 6.45) is 1.41. The molecule has 0 spiro atoms. The van der Waals surface area contributed by atoms with E-state index in [9.17, 15) is 9.59 Å². The van der Waals surface area contributed by atoms with Gasteiger partial charge in [-0.1, -0.05) is 11.8 Å². The zero-order valence-corrected chi connectivity index (χ0v) is 15.2. The number of nitrogens with zero attached hydrogens (tertiary/aromatic N) is 2. The number of hydrogen-bond acceptors (Lipinski definition) is 9. The van der Waals surface area contributed by atoms with Gasteiger partial charge in [-0.2, -0.15) is 0 Å². The van der Waals surface area contributed by atoms with Gasteiger partial charge in [-0.3, -0.25) is 9.59 Å². The number of benzene rings is 1. The summed E-state index contributed by atoms with van der Waals surface area (Å²) in [5, 5.41) is 13.2. The SMILES string of the molecule is O=C(CSc1nnc(CNC(=O)c2ccco2)o1)Nc1ccc2c(c1)OCO2. The van der Waals surface area contributed by atoms with E-state index in [0.29, 0.717) is 17.2 Å². The molecule has 0 fully saturated rings. The highest BCUT2D eigenvalue weighted by Gasteiger charge is 2.15. The minimum atomic E-state index is -0.388. The molecule has 2 N–H and O–H groups in total. The van der Waals surface area contributed by atoms with Crippen LogP contribution in [0.5, 0.6) is 11.5 Å². The number of aromatic nitrogens is 2. The monoisotopic (exact) mass is 402 g/mol. The topological polar surface area (TPSA) is 129 Å². The molecule has 2 aromatic heterocycles. The third-order valence-corrected chi connectivity index (χ3v) is 4.39. The molecule has 2 amide bonds. The van der Waals surface area contributed by atoms with Gasteiger partial charge in [0.1, 0.15) is 0 Å². The van der Waals surface area contributed by atoms with E-state index in [1.54, 1.807) is 30.3 Å². The average molecular weight is 402 g/mol. The van der Waals surface area contributed by atoms with Gasteiger partial charge in [0.15, 0.2) is 17.3 Å². The summed E-state index contributed by atoms with van der Waals surface area (Å²) >= 11 is 1.09. The summed E-state index contributed by atoms with van der Waals surface area (Å²) in [4.78, 5) is 23.9. The van der Waals surface area contributed by atoms with Crippen LogP contribution >= 0.6 is 11.8 Å². The molecule has 0 atom stereocenters. The first kappa shape index (κ1) is 17.9. The van der Waals surface area contributed by atoms with E-state index < -0.39 is 0 Å². The number of rotatable bonds is 7. The zero-order chi connectivity index (χ0) is 19.3. The van der Waals surface area contributed by atoms with E-state index in [4.69, 9.17) is 18.3 Å². The Kier molecular flexibility index (Phi) is 5.15. The maximum Gasteiger partial charge on any atom is 0.287 e. The largest absolute Gasteiger partial charge is 0.459 e. The molecule has 0 bridgehead atoms. The lowest BCUT2D eigenvalue weighted by molar-refractivity contribution is -0.113. The number of thioether (sulfide) groups is 1. The Morgan fingerprint density at radius 1 is 1.14 bits per heavy atom. The van der Waals surface area contributed by atoms with Crippen LogP contribution in [0.15, 0.2) is 50.7 Å². The van der Waals surface area contributed by atoms with Crippen molar-refractivity contribution in [1.82, 2.24) is 15.5 Å². The molecule has 1 aliphatic rings. The minimum absolute atomic E-state index is 0.0521. The van der Waals surface area contributed by atoms with Gasteiger partial charge < -0.3 is 28.9 Å². The second-order valence-corrected chi connectivity index (χ2v) is 6.45. The normalized spacial score (nSPS) is 12.0. The van der Waals surface area contributed by atoms with Gasteiger partial charge in [0, 0.05) is 11.8 Å². The molecule has 1 aromatic carbocycles. The van der Waals surface area contributed by atoms with Crippen LogP contribution in [-0.4, -0.2) is 34.6 Å². The summed E-state index contributed by atoms with van der Waals surface area (Å²) in [6.45, 7) is 0.223. The van der Waals surface area contributed by atoms with Crippen LogP contribution < -0.4 is 20.1 Å². The lowest BCUT2D eigenvalue weighted by atomic mass is 10.3. The van der Waals surface area contributed by atoms with Gasteiger partial charge in [-0.15, -0.1) is 10.2 Å². The number of ether oxygens (including phenoxy) is 2. The van der Waals surface area contributed by atoms with Crippen molar-refractivity contribution in [3.05, 3.63) is 48.2 Å². The number of amides is 2. The number of nitrogens with one attached hydrogen (secondary N) is 2. The van der Waals surface area contributed by atoms with Crippen LogP contribution in [-0.2, 0) is 11.3 Å². The van der Waals surface area contributed by atoms with E-state index in [1.165, 1.54) is 6.26 Å². The first-order valence-corrected chi connectivity index (χ1v) is 9.12. The third kappa shape index (κ3) is 4.26. The molecule has 0 saturated carbocycles. The molecule has 1 aliphatic heterocycles. The van der Waals surface area contributed by atoms with Crippen LogP contribution in [0.3, 0.4) is 0 Å².